The Bertz CT molecular complexity index is 546. The van der Waals surface area contributed by atoms with E-state index in [0.29, 0.717) is 6.42 Å². The van der Waals surface area contributed by atoms with Crippen molar-refractivity contribution in [2.24, 2.45) is 11.8 Å². The normalized spacial score (nSPS) is 21.4. The summed E-state index contributed by atoms with van der Waals surface area (Å²) in [6.07, 6.45) is 2.13. The first-order chi connectivity index (χ1) is 9.52. The summed E-state index contributed by atoms with van der Waals surface area (Å²) >= 11 is 0. The number of hydrogen-bond donors (Lipinski definition) is 2. The summed E-state index contributed by atoms with van der Waals surface area (Å²) in [7, 11) is 0. The van der Waals surface area contributed by atoms with Gasteiger partial charge in [0.05, 0.1) is 17.6 Å². The molecule has 2 N–H and O–H groups in total. The van der Waals surface area contributed by atoms with Crippen LogP contribution in [0.3, 0.4) is 0 Å². The van der Waals surface area contributed by atoms with Crippen molar-refractivity contribution >= 4 is 11.7 Å². The first-order valence-electron chi connectivity index (χ1n) is 6.38. The third-order valence-corrected chi connectivity index (χ3v) is 3.69. The monoisotopic (exact) mass is 280 g/mol. The number of anilines is 1. The van der Waals surface area contributed by atoms with Crippen LogP contribution in [0.4, 0.5) is 14.5 Å². The average molecular weight is 280 g/mol. The predicted octanol–water partition coefficient (Wildman–Crippen LogP) is 2.75. The first-order valence-corrected chi connectivity index (χ1v) is 6.38. The van der Waals surface area contributed by atoms with Crippen molar-refractivity contribution < 1.29 is 18.7 Å². The summed E-state index contributed by atoms with van der Waals surface area (Å²) in [5.74, 6) is -3.15. The highest BCUT2D eigenvalue weighted by molar-refractivity contribution is 5.70. The second-order valence-corrected chi connectivity index (χ2v) is 4.94. The zero-order chi connectivity index (χ0) is 14.7. The molecule has 0 aromatic heterocycles. The number of hydrogen-bond acceptors (Lipinski definition) is 3. The topological polar surface area (TPSA) is 73.1 Å². The molecule has 0 amide bonds. The van der Waals surface area contributed by atoms with Crippen LogP contribution in [0.25, 0.3) is 0 Å². The van der Waals surface area contributed by atoms with Crippen LogP contribution < -0.4 is 5.32 Å². The number of carboxylic acids is 1. The van der Waals surface area contributed by atoms with Gasteiger partial charge in [0.25, 0.3) is 0 Å². The molecule has 1 aliphatic carbocycles. The molecule has 6 heteroatoms. The number of halogens is 2. The molecule has 1 aromatic rings. The molecule has 0 radical (unpaired) electrons. The summed E-state index contributed by atoms with van der Waals surface area (Å²) in [6, 6.07) is 3.58. The number of nitrogens with zero attached hydrogens (tertiary/aromatic N) is 1. The highest BCUT2D eigenvalue weighted by Crippen LogP contribution is 2.32. The Kier molecular flexibility index (Phi) is 4.18. The van der Waals surface area contributed by atoms with Crippen molar-refractivity contribution in [2.45, 2.75) is 19.3 Å². The lowest BCUT2D eigenvalue weighted by Gasteiger charge is -2.17. The number of carbonyl (C=O) groups is 1. The van der Waals surface area contributed by atoms with Crippen LogP contribution in [-0.2, 0) is 4.79 Å². The van der Waals surface area contributed by atoms with Gasteiger partial charge in [-0.3, -0.25) is 4.79 Å². The number of nitriles is 1. The maximum atomic E-state index is 13.7. The highest BCUT2D eigenvalue weighted by Gasteiger charge is 2.32. The summed E-state index contributed by atoms with van der Waals surface area (Å²) in [6.45, 7) is 0.205. The zero-order valence-electron chi connectivity index (χ0n) is 10.7. The molecule has 1 fully saturated rings. The minimum Gasteiger partial charge on any atom is -0.481 e. The van der Waals surface area contributed by atoms with E-state index in [2.05, 4.69) is 5.32 Å². The average Bonchev–Trinajstić information content (AvgIpc) is 2.86. The molecule has 1 aliphatic rings. The molecule has 2 atom stereocenters. The van der Waals surface area contributed by atoms with Gasteiger partial charge >= 0.3 is 5.97 Å². The number of benzene rings is 1. The minimum absolute atomic E-state index is 0.0881. The number of nitrogens with one attached hydrogen (secondary N) is 1. The number of carboxylic acid groups (broad SMARTS) is 1. The number of aliphatic carboxylic acids is 1. The van der Waals surface area contributed by atoms with Crippen molar-refractivity contribution in [3.63, 3.8) is 0 Å². The SMILES string of the molecule is N#Cc1cc(F)c(NCC2CCCC2C(=O)O)c(F)c1. The molecule has 20 heavy (non-hydrogen) atoms. The van der Waals surface area contributed by atoms with E-state index in [-0.39, 0.29) is 23.7 Å². The van der Waals surface area contributed by atoms with Crippen LogP contribution in [-0.4, -0.2) is 17.6 Å². The van der Waals surface area contributed by atoms with Gasteiger partial charge in [0.15, 0.2) is 11.6 Å². The summed E-state index contributed by atoms with van der Waals surface area (Å²) in [5.41, 5.74) is -0.394. The molecule has 2 unspecified atom stereocenters. The fourth-order valence-electron chi connectivity index (χ4n) is 2.65. The molecule has 4 nitrogen and oxygen atoms in total. The molecular weight excluding hydrogens is 266 g/mol. The molecule has 0 spiro atoms. The zero-order valence-corrected chi connectivity index (χ0v) is 10.7. The maximum absolute atomic E-state index is 13.7. The lowest BCUT2D eigenvalue weighted by Crippen LogP contribution is -2.25. The fraction of sp³-hybridized carbons (Fsp3) is 0.429. The number of rotatable bonds is 4. The van der Waals surface area contributed by atoms with Crippen molar-refractivity contribution in [1.29, 1.82) is 5.26 Å². The molecular formula is C14H14F2N2O2. The molecule has 0 aliphatic heterocycles. The maximum Gasteiger partial charge on any atom is 0.306 e. The van der Waals surface area contributed by atoms with Gasteiger partial charge in [-0.05, 0) is 30.9 Å². The highest BCUT2D eigenvalue weighted by atomic mass is 19.1. The molecule has 2 rings (SSSR count). The second-order valence-electron chi connectivity index (χ2n) is 4.94. The van der Waals surface area contributed by atoms with Crippen molar-refractivity contribution in [1.82, 2.24) is 0 Å². The van der Waals surface area contributed by atoms with E-state index >= 15 is 0 Å². The van der Waals surface area contributed by atoms with Gasteiger partial charge in [0.1, 0.15) is 5.69 Å². The predicted molar refractivity (Wildman–Crippen MR) is 68.0 cm³/mol. The Labute approximate surface area is 115 Å². The van der Waals surface area contributed by atoms with E-state index in [0.717, 1.165) is 25.0 Å². The van der Waals surface area contributed by atoms with Gasteiger partial charge in [-0.15, -0.1) is 0 Å². The van der Waals surface area contributed by atoms with Crippen LogP contribution in [0, 0.1) is 34.8 Å². The largest absolute Gasteiger partial charge is 0.481 e. The lowest BCUT2D eigenvalue weighted by molar-refractivity contribution is -0.142. The second kappa shape index (κ2) is 5.87. The van der Waals surface area contributed by atoms with E-state index in [1.54, 1.807) is 6.07 Å². The van der Waals surface area contributed by atoms with E-state index in [1.165, 1.54) is 0 Å². The molecule has 1 saturated carbocycles. The van der Waals surface area contributed by atoms with Gasteiger partial charge < -0.3 is 10.4 Å². The van der Waals surface area contributed by atoms with E-state index < -0.39 is 23.5 Å². The van der Waals surface area contributed by atoms with Gasteiger partial charge in [-0.25, -0.2) is 8.78 Å². The van der Waals surface area contributed by atoms with Gasteiger partial charge in [0, 0.05) is 6.54 Å². The Hall–Kier alpha value is -2.16. The Morgan fingerprint density at radius 2 is 2.05 bits per heavy atom. The van der Waals surface area contributed by atoms with Gasteiger partial charge in [0.2, 0.25) is 0 Å². The van der Waals surface area contributed by atoms with E-state index in [4.69, 9.17) is 10.4 Å². The quantitative estimate of drug-likeness (QED) is 0.889. The molecule has 1 aromatic carbocycles. The van der Waals surface area contributed by atoms with Crippen molar-refractivity contribution in [3.05, 3.63) is 29.3 Å². The smallest absolute Gasteiger partial charge is 0.306 e. The summed E-state index contributed by atoms with van der Waals surface area (Å²) in [4.78, 5) is 11.0. The third kappa shape index (κ3) is 2.87. The molecule has 0 heterocycles. The van der Waals surface area contributed by atoms with Crippen LogP contribution >= 0.6 is 0 Å². The van der Waals surface area contributed by atoms with Crippen LogP contribution in [0.1, 0.15) is 24.8 Å². The lowest BCUT2D eigenvalue weighted by atomic mass is 9.96. The standard InChI is InChI=1S/C14H14F2N2O2/c15-11-4-8(6-17)5-12(16)13(11)18-7-9-2-1-3-10(9)14(19)20/h4-5,9-10,18H,1-3,7H2,(H,19,20). The van der Waals surface area contributed by atoms with Crippen molar-refractivity contribution in [2.75, 3.05) is 11.9 Å². The Morgan fingerprint density at radius 1 is 1.40 bits per heavy atom. The van der Waals surface area contributed by atoms with Gasteiger partial charge in [-0.1, -0.05) is 6.42 Å². The van der Waals surface area contributed by atoms with Crippen molar-refractivity contribution in [3.8, 4) is 6.07 Å². The van der Waals surface area contributed by atoms with E-state index in [9.17, 15) is 13.6 Å². The van der Waals surface area contributed by atoms with Crippen LogP contribution in [0.15, 0.2) is 12.1 Å². The third-order valence-electron chi connectivity index (χ3n) is 3.69. The summed E-state index contributed by atoms with van der Waals surface area (Å²) < 4.78 is 27.3. The fourth-order valence-corrected chi connectivity index (χ4v) is 2.65. The van der Waals surface area contributed by atoms with Crippen LogP contribution in [0.2, 0.25) is 0 Å². The van der Waals surface area contributed by atoms with E-state index in [1.807, 2.05) is 0 Å². The Balaban J connectivity index is 2.08. The minimum atomic E-state index is -0.866. The summed E-state index contributed by atoms with van der Waals surface area (Å²) in [5, 5.41) is 20.3. The molecule has 0 saturated heterocycles. The van der Waals surface area contributed by atoms with Crippen LogP contribution in [0.5, 0.6) is 0 Å². The first kappa shape index (κ1) is 14.3. The van der Waals surface area contributed by atoms with Gasteiger partial charge in [-0.2, -0.15) is 5.26 Å². The molecule has 0 bridgehead atoms. The Morgan fingerprint density at radius 3 is 2.60 bits per heavy atom. The molecule has 106 valence electrons.